The van der Waals surface area contributed by atoms with Crippen LogP contribution in [0.3, 0.4) is 0 Å². The van der Waals surface area contributed by atoms with Crippen molar-refractivity contribution in [2.24, 2.45) is 0 Å². The number of ether oxygens (including phenoxy) is 2. The molecule has 0 aliphatic heterocycles. The molecule has 34 heavy (non-hydrogen) atoms. The van der Waals surface area contributed by atoms with Crippen molar-refractivity contribution in [3.8, 4) is 11.5 Å². The zero-order valence-electron chi connectivity index (χ0n) is 19.6. The molecule has 0 saturated carbocycles. The van der Waals surface area contributed by atoms with Gasteiger partial charge in [-0.3, -0.25) is 9.69 Å². The maximum atomic E-state index is 13.7. The van der Waals surface area contributed by atoms with Crippen LogP contribution < -0.4 is 14.4 Å². The van der Waals surface area contributed by atoms with E-state index in [4.69, 9.17) is 14.5 Å². The van der Waals surface area contributed by atoms with E-state index < -0.39 is 0 Å². The Balaban J connectivity index is 1.56. The first kappa shape index (κ1) is 23.8. The van der Waals surface area contributed by atoms with E-state index in [9.17, 15) is 4.79 Å². The fraction of sp³-hybridized carbons (Fsp3) is 0.346. The molecule has 8 heteroatoms. The predicted octanol–water partition coefficient (Wildman–Crippen LogP) is 5.81. The highest BCUT2D eigenvalue weighted by Gasteiger charge is 2.22. The summed E-state index contributed by atoms with van der Waals surface area (Å²) >= 11 is 1.49. The lowest BCUT2D eigenvalue weighted by Gasteiger charge is -2.20. The average molecular weight is 479 g/mol. The van der Waals surface area contributed by atoms with Crippen LogP contribution >= 0.6 is 11.3 Å². The summed E-state index contributed by atoms with van der Waals surface area (Å²) in [6, 6.07) is 13.2. The summed E-state index contributed by atoms with van der Waals surface area (Å²) in [6.45, 7) is 4.12. The van der Waals surface area contributed by atoms with Crippen molar-refractivity contribution in [1.29, 1.82) is 0 Å². The minimum Gasteiger partial charge on any atom is -0.497 e. The number of nitrogens with zero attached hydrogens (tertiary/aromatic N) is 4. The number of fused-ring (bicyclic) bond motifs is 1. The molecule has 2 aromatic heterocycles. The molecule has 0 N–H and O–H groups in total. The Labute approximate surface area is 204 Å². The number of imidazole rings is 1. The van der Waals surface area contributed by atoms with Gasteiger partial charge in [0.1, 0.15) is 11.5 Å². The summed E-state index contributed by atoms with van der Waals surface area (Å²) in [4.78, 5) is 24.3. The second-order valence-electron chi connectivity index (χ2n) is 8.02. The number of hydrogen-bond donors (Lipinski definition) is 0. The largest absolute Gasteiger partial charge is 0.497 e. The number of carbonyl (C=O) groups excluding carboxylic acids is 1. The Morgan fingerprint density at radius 1 is 1.12 bits per heavy atom. The van der Waals surface area contributed by atoms with Gasteiger partial charge in [0.05, 0.1) is 30.3 Å². The minimum atomic E-state index is -0.0874. The summed E-state index contributed by atoms with van der Waals surface area (Å²) in [6.07, 6.45) is 9.52. The number of carbonyl (C=O) groups is 1. The molecule has 0 atom stereocenters. The van der Waals surface area contributed by atoms with Crippen LogP contribution in [0.5, 0.6) is 11.5 Å². The van der Waals surface area contributed by atoms with Crippen LogP contribution in [-0.2, 0) is 6.54 Å². The molecule has 0 aliphatic rings. The molecule has 0 aliphatic carbocycles. The van der Waals surface area contributed by atoms with Gasteiger partial charge in [-0.25, -0.2) is 9.97 Å². The van der Waals surface area contributed by atoms with Crippen LogP contribution in [0.4, 0.5) is 5.13 Å². The number of unbranched alkanes of at least 4 members (excludes halogenated alkanes) is 2. The maximum Gasteiger partial charge on any atom is 0.260 e. The number of thiazole rings is 1. The van der Waals surface area contributed by atoms with Gasteiger partial charge >= 0.3 is 0 Å². The van der Waals surface area contributed by atoms with Crippen molar-refractivity contribution in [2.75, 3.05) is 25.2 Å². The highest BCUT2D eigenvalue weighted by molar-refractivity contribution is 7.22. The molecule has 0 unspecified atom stereocenters. The van der Waals surface area contributed by atoms with Gasteiger partial charge in [0.25, 0.3) is 5.91 Å². The molecular weight excluding hydrogens is 448 g/mol. The molecule has 1 amide bonds. The summed E-state index contributed by atoms with van der Waals surface area (Å²) in [7, 11) is 1.65. The average Bonchev–Trinajstić information content (AvgIpc) is 3.53. The molecule has 4 aromatic rings. The van der Waals surface area contributed by atoms with Crippen LogP contribution in [-0.4, -0.2) is 40.7 Å². The summed E-state index contributed by atoms with van der Waals surface area (Å²) in [5, 5.41) is 0.674. The van der Waals surface area contributed by atoms with Gasteiger partial charge in [-0.2, -0.15) is 0 Å². The number of methoxy groups -OCH3 is 1. The van der Waals surface area contributed by atoms with E-state index in [1.54, 1.807) is 24.5 Å². The fourth-order valence-electron chi connectivity index (χ4n) is 3.67. The van der Waals surface area contributed by atoms with Crippen LogP contribution in [0.2, 0.25) is 0 Å². The zero-order chi connectivity index (χ0) is 23.8. The first-order valence-electron chi connectivity index (χ1n) is 11.6. The van der Waals surface area contributed by atoms with E-state index in [0.29, 0.717) is 29.6 Å². The number of aryl methyl sites for hydroxylation is 1. The SMILES string of the molecule is CCCCCOc1cccc(C(=O)N(CCCn2ccnc2)c2nc3ccc(OC)cc3s2)c1. The van der Waals surface area contributed by atoms with Crippen molar-refractivity contribution in [2.45, 2.75) is 39.2 Å². The molecule has 2 heterocycles. The molecule has 0 saturated heterocycles. The van der Waals surface area contributed by atoms with Crippen molar-refractivity contribution >= 4 is 32.6 Å². The summed E-state index contributed by atoms with van der Waals surface area (Å²) < 4.78 is 14.2. The van der Waals surface area contributed by atoms with Crippen LogP contribution in [0.25, 0.3) is 10.2 Å². The monoisotopic (exact) mass is 478 g/mol. The Bertz CT molecular complexity index is 1210. The summed E-state index contributed by atoms with van der Waals surface area (Å²) in [5.41, 5.74) is 1.44. The minimum absolute atomic E-state index is 0.0874. The topological polar surface area (TPSA) is 69.5 Å². The number of anilines is 1. The Kier molecular flexibility index (Phi) is 8.14. The molecule has 7 nitrogen and oxygen atoms in total. The lowest BCUT2D eigenvalue weighted by atomic mass is 10.2. The first-order chi connectivity index (χ1) is 16.7. The molecule has 0 spiro atoms. The van der Waals surface area contributed by atoms with Crippen LogP contribution in [0, 0.1) is 0 Å². The lowest BCUT2D eigenvalue weighted by Crippen LogP contribution is -2.32. The van der Waals surface area contributed by atoms with Crippen LogP contribution in [0.15, 0.2) is 61.2 Å². The lowest BCUT2D eigenvalue weighted by molar-refractivity contribution is 0.0986. The Hall–Kier alpha value is -3.39. The van der Waals surface area contributed by atoms with E-state index in [-0.39, 0.29) is 5.91 Å². The third-order valence-corrected chi connectivity index (χ3v) is 6.56. The van der Waals surface area contributed by atoms with Crippen LogP contribution in [0.1, 0.15) is 43.0 Å². The first-order valence-corrected chi connectivity index (χ1v) is 12.4. The standard InChI is InChI=1S/C26H30N4O3S/c1-3-4-5-16-33-22-9-6-8-20(17-22)25(31)30(14-7-13-29-15-12-27-19-29)26-28-23-11-10-21(32-2)18-24(23)34-26/h6,8-12,15,17-19H,3-5,7,13-14,16H2,1-2H3. The Morgan fingerprint density at radius 2 is 2.03 bits per heavy atom. The quantitative estimate of drug-likeness (QED) is 0.240. The number of hydrogen-bond acceptors (Lipinski definition) is 6. The fourth-order valence-corrected chi connectivity index (χ4v) is 4.68. The maximum absolute atomic E-state index is 13.7. The van der Waals surface area contributed by atoms with E-state index in [2.05, 4.69) is 11.9 Å². The van der Waals surface area contributed by atoms with Gasteiger partial charge in [-0.1, -0.05) is 37.2 Å². The number of rotatable bonds is 12. The van der Waals surface area contributed by atoms with Gasteiger partial charge in [-0.15, -0.1) is 0 Å². The number of benzene rings is 2. The van der Waals surface area contributed by atoms with Gasteiger partial charge in [0, 0.05) is 31.0 Å². The molecule has 4 rings (SSSR count). The van der Waals surface area contributed by atoms with Crippen molar-refractivity contribution in [3.05, 3.63) is 66.7 Å². The van der Waals surface area contributed by atoms with Gasteiger partial charge in [0.2, 0.25) is 0 Å². The second-order valence-corrected chi connectivity index (χ2v) is 9.03. The van der Waals surface area contributed by atoms with Gasteiger partial charge < -0.3 is 14.0 Å². The number of aromatic nitrogens is 3. The van der Waals surface area contributed by atoms with Crippen molar-refractivity contribution < 1.29 is 14.3 Å². The normalized spacial score (nSPS) is 11.0. The highest BCUT2D eigenvalue weighted by atomic mass is 32.1. The highest BCUT2D eigenvalue weighted by Crippen LogP contribution is 2.32. The van der Waals surface area contributed by atoms with E-state index in [1.165, 1.54) is 11.3 Å². The molecule has 2 aromatic carbocycles. The molecule has 178 valence electrons. The van der Waals surface area contributed by atoms with Crippen molar-refractivity contribution in [1.82, 2.24) is 14.5 Å². The van der Waals surface area contributed by atoms with Gasteiger partial charge in [0.15, 0.2) is 5.13 Å². The molecule has 0 bridgehead atoms. The second kappa shape index (κ2) is 11.7. The zero-order valence-corrected chi connectivity index (χ0v) is 20.5. The van der Waals surface area contributed by atoms with E-state index in [0.717, 1.165) is 48.2 Å². The van der Waals surface area contributed by atoms with E-state index in [1.807, 2.05) is 53.2 Å². The smallest absolute Gasteiger partial charge is 0.260 e. The number of amides is 1. The molecule has 0 radical (unpaired) electrons. The third-order valence-electron chi connectivity index (χ3n) is 5.52. The molecule has 0 fully saturated rings. The predicted molar refractivity (Wildman–Crippen MR) is 136 cm³/mol. The van der Waals surface area contributed by atoms with Gasteiger partial charge in [-0.05, 0) is 49.2 Å². The summed E-state index contributed by atoms with van der Waals surface area (Å²) in [5.74, 6) is 1.40. The molecular formula is C26H30N4O3S. The third kappa shape index (κ3) is 5.94. The Morgan fingerprint density at radius 3 is 2.82 bits per heavy atom. The van der Waals surface area contributed by atoms with Crippen molar-refractivity contribution in [3.63, 3.8) is 0 Å². The van der Waals surface area contributed by atoms with E-state index >= 15 is 0 Å².